The minimum atomic E-state index is -0.465. The van der Waals surface area contributed by atoms with E-state index in [1.54, 1.807) is 12.1 Å². The molecule has 0 saturated heterocycles. The van der Waals surface area contributed by atoms with Crippen LogP contribution in [0.4, 0.5) is 8.78 Å². The number of rotatable bonds is 3. The van der Waals surface area contributed by atoms with Gasteiger partial charge in [-0.05, 0) is 42.0 Å². The van der Waals surface area contributed by atoms with E-state index in [1.807, 2.05) is 0 Å². The van der Waals surface area contributed by atoms with Gasteiger partial charge in [0, 0.05) is 5.56 Å². The number of nitrogens with zero attached hydrogens (tertiary/aromatic N) is 1. The first-order valence-corrected chi connectivity index (χ1v) is 5.50. The fourth-order valence-electron chi connectivity index (χ4n) is 1.42. The van der Waals surface area contributed by atoms with Gasteiger partial charge in [0.1, 0.15) is 11.6 Å². The molecule has 0 fully saturated rings. The van der Waals surface area contributed by atoms with Crippen LogP contribution in [0, 0.1) is 11.6 Å². The van der Waals surface area contributed by atoms with E-state index in [9.17, 15) is 13.6 Å². The zero-order valence-electron chi connectivity index (χ0n) is 9.81. The molecule has 1 amide bonds. The molecule has 0 aliphatic rings. The smallest absolute Gasteiger partial charge is 0.267 e. The third-order valence-corrected chi connectivity index (χ3v) is 2.33. The topological polar surface area (TPSA) is 41.5 Å². The number of carbonyl (C=O) groups excluding carboxylic acids is 1. The van der Waals surface area contributed by atoms with Gasteiger partial charge < -0.3 is 0 Å². The normalized spacial score (nSPS) is 10.6. The predicted molar refractivity (Wildman–Crippen MR) is 67.9 cm³/mol. The molecule has 2 aromatic rings. The summed E-state index contributed by atoms with van der Waals surface area (Å²) >= 11 is 0. The zero-order chi connectivity index (χ0) is 13.7. The van der Waals surface area contributed by atoms with Crippen LogP contribution in [0.25, 0.3) is 0 Å². The predicted octanol–water partition coefficient (Wildman–Crippen LogP) is 2.73. The summed E-state index contributed by atoms with van der Waals surface area (Å²) in [7, 11) is 0. The largest absolute Gasteiger partial charge is 0.271 e. The van der Waals surface area contributed by atoms with Crippen molar-refractivity contribution < 1.29 is 13.6 Å². The van der Waals surface area contributed by atoms with Crippen LogP contribution in [-0.4, -0.2) is 12.1 Å². The molecule has 96 valence electrons. The van der Waals surface area contributed by atoms with Gasteiger partial charge in [0.25, 0.3) is 5.91 Å². The lowest BCUT2D eigenvalue weighted by Crippen LogP contribution is -2.17. The maximum Gasteiger partial charge on any atom is 0.271 e. The summed E-state index contributed by atoms with van der Waals surface area (Å²) in [5, 5.41) is 3.70. The van der Waals surface area contributed by atoms with Crippen LogP contribution in [0.5, 0.6) is 0 Å². The molecule has 3 nitrogen and oxygen atoms in total. The van der Waals surface area contributed by atoms with Crippen molar-refractivity contribution in [3.05, 3.63) is 71.3 Å². The van der Waals surface area contributed by atoms with E-state index < -0.39 is 11.7 Å². The monoisotopic (exact) mass is 260 g/mol. The summed E-state index contributed by atoms with van der Waals surface area (Å²) in [5.74, 6) is -1.26. The number of nitrogens with one attached hydrogen (secondary N) is 1. The van der Waals surface area contributed by atoms with Gasteiger partial charge >= 0.3 is 0 Å². The second kappa shape index (κ2) is 5.86. The Bertz CT molecular complexity index is 609. The highest BCUT2D eigenvalue weighted by Crippen LogP contribution is 2.03. The van der Waals surface area contributed by atoms with E-state index in [2.05, 4.69) is 10.5 Å². The van der Waals surface area contributed by atoms with Crippen LogP contribution < -0.4 is 5.43 Å². The van der Waals surface area contributed by atoms with Gasteiger partial charge in [-0.2, -0.15) is 5.10 Å². The van der Waals surface area contributed by atoms with Crippen molar-refractivity contribution >= 4 is 12.1 Å². The fourth-order valence-corrected chi connectivity index (χ4v) is 1.42. The van der Waals surface area contributed by atoms with Gasteiger partial charge in [-0.3, -0.25) is 4.79 Å². The third-order valence-electron chi connectivity index (χ3n) is 2.33. The lowest BCUT2D eigenvalue weighted by atomic mass is 10.2. The Morgan fingerprint density at radius 2 is 1.79 bits per heavy atom. The molecule has 0 aliphatic heterocycles. The Hall–Kier alpha value is -2.56. The second-order valence-corrected chi connectivity index (χ2v) is 3.76. The summed E-state index contributed by atoms with van der Waals surface area (Å²) < 4.78 is 25.5. The highest BCUT2D eigenvalue weighted by Gasteiger charge is 2.03. The summed E-state index contributed by atoms with van der Waals surface area (Å²) in [4.78, 5) is 11.6. The first-order valence-electron chi connectivity index (χ1n) is 5.50. The van der Waals surface area contributed by atoms with Crippen molar-refractivity contribution in [2.75, 3.05) is 0 Å². The number of carbonyl (C=O) groups is 1. The summed E-state index contributed by atoms with van der Waals surface area (Å²) in [5.41, 5.74) is 3.09. The Morgan fingerprint density at radius 1 is 1.05 bits per heavy atom. The number of halogens is 2. The van der Waals surface area contributed by atoms with Crippen molar-refractivity contribution in [3.63, 3.8) is 0 Å². The minimum absolute atomic E-state index is 0.290. The maximum atomic E-state index is 12.9. The van der Waals surface area contributed by atoms with Crippen molar-refractivity contribution in [1.29, 1.82) is 0 Å². The van der Waals surface area contributed by atoms with Gasteiger partial charge in [-0.15, -0.1) is 0 Å². The summed E-state index contributed by atoms with van der Waals surface area (Å²) in [6.45, 7) is 0. The van der Waals surface area contributed by atoms with Crippen LogP contribution in [0.3, 0.4) is 0 Å². The Morgan fingerprint density at radius 3 is 2.47 bits per heavy atom. The number of hydrogen-bond donors (Lipinski definition) is 1. The van der Waals surface area contributed by atoms with Crippen LogP contribution in [0.15, 0.2) is 53.6 Å². The first kappa shape index (κ1) is 12.9. The van der Waals surface area contributed by atoms with E-state index in [1.165, 1.54) is 42.6 Å². The molecule has 0 saturated carbocycles. The fraction of sp³-hybridized carbons (Fsp3) is 0. The van der Waals surface area contributed by atoms with E-state index in [4.69, 9.17) is 0 Å². The highest BCUT2D eigenvalue weighted by molar-refractivity contribution is 5.94. The summed E-state index contributed by atoms with van der Waals surface area (Å²) in [6.07, 6.45) is 1.32. The van der Waals surface area contributed by atoms with E-state index in [0.717, 1.165) is 0 Å². The molecular formula is C14H10F2N2O. The van der Waals surface area contributed by atoms with Crippen molar-refractivity contribution in [2.24, 2.45) is 5.10 Å². The van der Waals surface area contributed by atoms with Crippen LogP contribution in [0.1, 0.15) is 15.9 Å². The van der Waals surface area contributed by atoms with Gasteiger partial charge in [-0.25, -0.2) is 14.2 Å². The molecule has 0 aromatic heterocycles. The molecule has 2 rings (SSSR count). The summed E-state index contributed by atoms with van der Waals surface area (Å²) in [6, 6.07) is 10.9. The Labute approximate surface area is 108 Å². The molecule has 0 aliphatic carbocycles. The van der Waals surface area contributed by atoms with Crippen molar-refractivity contribution in [1.82, 2.24) is 5.43 Å². The number of hydrogen-bond acceptors (Lipinski definition) is 2. The number of amides is 1. The molecule has 0 atom stereocenters. The first-order chi connectivity index (χ1) is 9.15. The van der Waals surface area contributed by atoms with Crippen LogP contribution in [-0.2, 0) is 0 Å². The average Bonchev–Trinajstić information content (AvgIpc) is 2.39. The molecular weight excluding hydrogens is 250 g/mol. The molecule has 0 spiro atoms. The number of hydrazone groups is 1. The van der Waals surface area contributed by atoms with Crippen LogP contribution >= 0.6 is 0 Å². The number of benzene rings is 2. The van der Waals surface area contributed by atoms with Gasteiger partial charge in [-0.1, -0.05) is 12.1 Å². The molecule has 2 aromatic carbocycles. The Balaban J connectivity index is 1.98. The lowest BCUT2D eigenvalue weighted by Gasteiger charge is -1.99. The Kier molecular flexibility index (Phi) is 3.97. The zero-order valence-corrected chi connectivity index (χ0v) is 9.81. The second-order valence-electron chi connectivity index (χ2n) is 3.76. The quantitative estimate of drug-likeness (QED) is 0.669. The highest BCUT2D eigenvalue weighted by atomic mass is 19.1. The average molecular weight is 260 g/mol. The SMILES string of the molecule is O=C(N/N=C/c1cccc(F)c1)c1ccc(F)cc1. The molecule has 0 radical (unpaired) electrons. The molecule has 0 bridgehead atoms. The van der Waals surface area contributed by atoms with E-state index >= 15 is 0 Å². The van der Waals surface area contributed by atoms with Crippen LogP contribution in [0.2, 0.25) is 0 Å². The van der Waals surface area contributed by atoms with Crippen molar-refractivity contribution in [3.8, 4) is 0 Å². The lowest BCUT2D eigenvalue weighted by molar-refractivity contribution is 0.0955. The van der Waals surface area contributed by atoms with Gasteiger partial charge in [0.05, 0.1) is 6.21 Å². The van der Waals surface area contributed by atoms with Gasteiger partial charge in [0.2, 0.25) is 0 Å². The van der Waals surface area contributed by atoms with Crippen molar-refractivity contribution in [2.45, 2.75) is 0 Å². The molecule has 1 N–H and O–H groups in total. The standard InChI is InChI=1S/C14H10F2N2O/c15-12-6-4-11(5-7-12)14(19)18-17-9-10-2-1-3-13(16)8-10/h1-9H,(H,18,19)/b17-9+. The maximum absolute atomic E-state index is 12.9. The minimum Gasteiger partial charge on any atom is -0.267 e. The molecule has 0 unspecified atom stereocenters. The third kappa shape index (κ3) is 3.70. The molecule has 5 heteroatoms. The van der Waals surface area contributed by atoms with E-state index in [0.29, 0.717) is 5.56 Å². The molecule has 0 heterocycles. The van der Waals surface area contributed by atoms with E-state index in [-0.39, 0.29) is 11.4 Å². The molecule has 19 heavy (non-hydrogen) atoms. The van der Waals surface area contributed by atoms with Gasteiger partial charge in [0.15, 0.2) is 0 Å².